The molecule has 16 heavy (non-hydrogen) atoms. The van der Waals surface area contributed by atoms with Crippen LogP contribution in [0.5, 0.6) is 0 Å². The fraction of sp³-hybridized carbons (Fsp3) is 0.636. The van der Waals surface area contributed by atoms with Crippen LogP contribution in [0.25, 0.3) is 0 Å². The molecule has 0 aliphatic heterocycles. The summed E-state index contributed by atoms with van der Waals surface area (Å²) in [7, 11) is 0. The Kier molecular flexibility index (Phi) is 4.01. The molecule has 88 valence electrons. The van der Waals surface area contributed by atoms with E-state index in [1.807, 2.05) is 0 Å². The standard InChI is InChI=1S/C11H17N3OS/c1-2-12-8-3-4-9(7-8)16-11-13-6-5-10(15)14-11/h5-6,8-9,12H,2-4,7H2,1H3,(H,13,14,15). The molecule has 0 saturated heterocycles. The van der Waals surface area contributed by atoms with E-state index in [0.717, 1.165) is 18.1 Å². The van der Waals surface area contributed by atoms with Crippen LogP contribution >= 0.6 is 11.8 Å². The second-order valence-corrected chi connectivity index (χ2v) is 5.34. The van der Waals surface area contributed by atoms with E-state index in [2.05, 4.69) is 22.2 Å². The predicted molar refractivity (Wildman–Crippen MR) is 65.8 cm³/mol. The lowest BCUT2D eigenvalue weighted by atomic mass is 10.2. The van der Waals surface area contributed by atoms with Crippen molar-refractivity contribution < 1.29 is 0 Å². The lowest BCUT2D eigenvalue weighted by Crippen LogP contribution is -2.26. The number of thioether (sulfide) groups is 1. The molecule has 1 aliphatic carbocycles. The molecule has 0 bridgehead atoms. The van der Waals surface area contributed by atoms with Crippen LogP contribution in [-0.2, 0) is 0 Å². The zero-order chi connectivity index (χ0) is 11.4. The molecule has 1 saturated carbocycles. The van der Waals surface area contributed by atoms with Crippen molar-refractivity contribution in [2.75, 3.05) is 6.54 Å². The number of nitrogens with zero attached hydrogens (tertiary/aromatic N) is 1. The minimum absolute atomic E-state index is 0.0706. The monoisotopic (exact) mass is 239 g/mol. The van der Waals surface area contributed by atoms with E-state index in [1.54, 1.807) is 18.0 Å². The van der Waals surface area contributed by atoms with Gasteiger partial charge >= 0.3 is 0 Å². The van der Waals surface area contributed by atoms with Gasteiger partial charge in [0.1, 0.15) is 0 Å². The molecule has 0 aromatic carbocycles. The largest absolute Gasteiger partial charge is 0.314 e. The van der Waals surface area contributed by atoms with Crippen molar-refractivity contribution in [2.24, 2.45) is 0 Å². The third-order valence-electron chi connectivity index (χ3n) is 2.80. The van der Waals surface area contributed by atoms with Gasteiger partial charge in [0.25, 0.3) is 5.56 Å². The summed E-state index contributed by atoms with van der Waals surface area (Å²) in [4.78, 5) is 18.0. The lowest BCUT2D eigenvalue weighted by Gasteiger charge is -2.10. The third-order valence-corrected chi connectivity index (χ3v) is 4.00. The zero-order valence-corrected chi connectivity index (χ0v) is 10.2. The summed E-state index contributed by atoms with van der Waals surface area (Å²) < 4.78 is 0. The molecule has 1 fully saturated rings. The van der Waals surface area contributed by atoms with Crippen LogP contribution in [-0.4, -0.2) is 27.8 Å². The number of H-pyrrole nitrogens is 1. The lowest BCUT2D eigenvalue weighted by molar-refractivity contribution is 0.543. The molecular weight excluding hydrogens is 222 g/mol. The summed E-state index contributed by atoms with van der Waals surface area (Å²) in [6.45, 7) is 3.17. The molecule has 0 spiro atoms. The highest BCUT2D eigenvalue weighted by atomic mass is 32.2. The summed E-state index contributed by atoms with van der Waals surface area (Å²) in [5.74, 6) is 0. The van der Waals surface area contributed by atoms with Crippen LogP contribution in [0.4, 0.5) is 0 Å². The molecule has 1 aromatic heterocycles. The number of rotatable bonds is 4. The highest BCUT2D eigenvalue weighted by Crippen LogP contribution is 2.32. The van der Waals surface area contributed by atoms with Crippen molar-refractivity contribution in [3.63, 3.8) is 0 Å². The van der Waals surface area contributed by atoms with Gasteiger partial charge in [0.15, 0.2) is 5.16 Å². The Bertz CT molecular complexity index is 393. The van der Waals surface area contributed by atoms with Crippen molar-refractivity contribution >= 4 is 11.8 Å². The molecule has 1 aromatic rings. The van der Waals surface area contributed by atoms with Gasteiger partial charge in [-0.15, -0.1) is 0 Å². The Morgan fingerprint density at radius 1 is 1.62 bits per heavy atom. The minimum Gasteiger partial charge on any atom is -0.314 e. The molecule has 2 unspecified atom stereocenters. The van der Waals surface area contributed by atoms with E-state index < -0.39 is 0 Å². The molecule has 4 nitrogen and oxygen atoms in total. The first kappa shape index (κ1) is 11.7. The molecule has 2 atom stereocenters. The van der Waals surface area contributed by atoms with Gasteiger partial charge in [0.05, 0.1) is 0 Å². The van der Waals surface area contributed by atoms with Crippen molar-refractivity contribution in [1.82, 2.24) is 15.3 Å². The minimum atomic E-state index is -0.0706. The maximum Gasteiger partial charge on any atom is 0.251 e. The second-order valence-electron chi connectivity index (χ2n) is 4.05. The van der Waals surface area contributed by atoms with Gasteiger partial charge in [-0.3, -0.25) is 4.79 Å². The fourth-order valence-electron chi connectivity index (χ4n) is 2.09. The maximum absolute atomic E-state index is 11.1. The van der Waals surface area contributed by atoms with Gasteiger partial charge < -0.3 is 10.3 Å². The molecule has 5 heteroatoms. The van der Waals surface area contributed by atoms with E-state index in [-0.39, 0.29) is 5.56 Å². The summed E-state index contributed by atoms with van der Waals surface area (Å²) in [5.41, 5.74) is -0.0706. The quantitative estimate of drug-likeness (QED) is 0.780. The number of nitrogens with one attached hydrogen (secondary N) is 2. The van der Waals surface area contributed by atoms with Gasteiger partial charge in [0, 0.05) is 23.6 Å². The van der Waals surface area contributed by atoms with E-state index >= 15 is 0 Å². The van der Waals surface area contributed by atoms with Gasteiger partial charge in [-0.2, -0.15) is 0 Å². The van der Waals surface area contributed by atoms with Crippen LogP contribution in [0, 0.1) is 0 Å². The maximum atomic E-state index is 11.1. The third kappa shape index (κ3) is 3.09. The van der Waals surface area contributed by atoms with Crippen molar-refractivity contribution in [1.29, 1.82) is 0 Å². The van der Waals surface area contributed by atoms with Crippen molar-refractivity contribution in [2.45, 2.75) is 42.6 Å². The molecule has 1 heterocycles. The first-order valence-corrected chi connectivity index (χ1v) is 6.61. The molecule has 0 amide bonds. The Balaban J connectivity index is 1.89. The smallest absolute Gasteiger partial charge is 0.251 e. The van der Waals surface area contributed by atoms with E-state index in [4.69, 9.17) is 0 Å². The Morgan fingerprint density at radius 3 is 3.25 bits per heavy atom. The van der Waals surface area contributed by atoms with Gasteiger partial charge in [0.2, 0.25) is 0 Å². The van der Waals surface area contributed by atoms with Crippen molar-refractivity contribution in [3.05, 3.63) is 22.6 Å². The summed E-state index contributed by atoms with van der Waals surface area (Å²) in [5, 5.41) is 4.79. The van der Waals surface area contributed by atoms with E-state index in [1.165, 1.54) is 18.9 Å². The fourth-order valence-corrected chi connectivity index (χ4v) is 3.27. The highest BCUT2D eigenvalue weighted by molar-refractivity contribution is 7.99. The molecule has 2 N–H and O–H groups in total. The predicted octanol–water partition coefficient (Wildman–Crippen LogP) is 1.39. The topological polar surface area (TPSA) is 57.8 Å². The van der Waals surface area contributed by atoms with Crippen LogP contribution in [0.2, 0.25) is 0 Å². The first-order chi connectivity index (χ1) is 7.78. The van der Waals surface area contributed by atoms with E-state index in [9.17, 15) is 4.79 Å². The van der Waals surface area contributed by atoms with Gasteiger partial charge in [-0.1, -0.05) is 18.7 Å². The zero-order valence-electron chi connectivity index (χ0n) is 9.40. The first-order valence-electron chi connectivity index (χ1n) is 5.73. The summed E-state index contributed by atoms with van der Waals surface area (Å²) in [6, 6.07) is 2.08. The Labute approximate surface area is 99.3 Å². The van der Waals surface area contributed by atoms with Gasteiger partial charge in [-0.05, 0) is 25.8 Å². The normalized spacial score (nSPS) is 24.8. The summed E-state index contributed by atoms with van der Waals surface area (Å²) >= 11 is 1.69. The van der Waals surface area contributed by atoms with Crippen LogP contribution in [0.3, 0.4) is 0 Å². The SMILES string of the molecule is CCNC1CCC(Sc2nccc(=O)[nH]2)C1. The number of aromatic amines is 1. The second kappa shape index (κ2) is 5.50. The van der Waals surface area contributed by atoms with Gasteiger partial charge in [-0.25, -0.2) is 4.98 Å². The molecule has 2 rings (SSSR count). The number of aromatic nitrogens is 2. The van der Waals surface area contributed by atoms with Crippen LogP contribution < -0.4 is 10.9 Å². The van der Waals surface area contributed by atoms with Crippen LogP contribution in [0.15, 0.2) is 22.2 Å². The average Bonchev–Trinajstić information content (AvgIpc) is 2.66. The molecule has 1 aliphatic rings. The average molecular weight is 239 g/mol. The van der Waals surface area contributed by atoms with Crippen LogP contribution in [0.1, 0.15) is 26.2 Å². The number of hydrogen-bond acceptors (Lipinski definition) is 4. The summed E-state index contributed by atoms with van der Waals surface area (Å²) in [6.07, 6.45) is 5.15. The van der Waals surface area contributed by atoms with Crippen molar-refractivity contribution in [3.8, 4) is 0 Å². The molecule has 0 radical (unpaired) electrons. The van der Waals surface area contributed by atoms with E-state index in [0.29, 0.717) is 11.3 Å². The highest BCUT2D eigenvalue weighted by Gasteiger charge is 2.25. The molecular formula is C11H17N3OS. The Morgan fingerprint density at radius 2 is 2.50 bits per heavy atom. The Hall–Kier alpha value is -0.810. The number of hydrogen-bond donors (Lipinski definition) is 2.